The van der Waals surface area contributed by atoms with Gasteiger partial charge in [-0.3, -0.25) is 0 Å². The maximum absolute atomic E-state index is 15.0. The Kier molecular flexibility index (Phi) is 9.42. The van der Waals surface area contributed by atoms with Crippen LogP contribution in [0.15, 0.2) is 66.9 Å². The quantitative estimate of drug-likeness (QED) is 0.201. The van der Waals surface area contributed by atoms with Crippen molar-refractivity contribution >= 4 is 0 Å². The summed E-state index contributed by atoms with van der Waals surface area (Å²) in [5.41, 5.74) is 2.25. The smallest absolute Gasteiger partial charge is 0.201 e. The van der Waals surface area contributed by atoms with Crippen LogP contribution in [-0.2, 0) is 9.47 Å². The van der Waals surface area contributed by atoms with Gasteiger partial charge >= 0.3 is 0 Å². The fourth-order valence-corrected chi connectivity index (χ4v) is 4.39. The zero-order valence-electron chi connectivity index (χ0n) is 21.3. The van der Waals surface area contributed by atoms with E-state index in [1.807, 2.05) is 6.92 Å². The summed E-state index contributed by atoms with van der Waals surface area (Å²) in [6.45, 7) is 5.31. The van der Waals surface area contributed by atoms with E-state index in [1.165, 1.54) is 43.7 Å². The predicted octanol–water partition coefficient (Wildman–Crippen LogP) is 8.98. The first-order valence-corrected chi connectivity index (χ1v) is 12.9. The molecule has 196 valence electrons. The Morgan fingerprint density at radius 3 is 2.16 bits per heavy atom. The molecule has 0 unspecified atom stereocenters. The number of allylic oxidation sites excluding steroid dienone is 1. The van der Waals surface area contributed by atoms with Crippen molar-refractivity contribution in [3.05, 3.63) is 90.0 Å². The molecule has 3 aromatic rings. The number of benzene rings is 3. The zero-order chi connectivity index (χ0) is 26.2. The number of halogens is 3. The van der Waals surface area contributed by atoms with Crippen LogP contribution in [-0.4, -0.2) is 13.2 Å². The van der Waals surface area contributed by atoms with E-state index in [2.05, 4.69) is 6.92 Å². The number of ether oxygens (including phenoxy) is 3. The van der Waals surface area contributed by atoms with E-state index < -0.39 is 23.7 Å². The normalized spacial score (nSPS) is 17.9. The van der Waals surface area contributed by atoms with Crippen LogP contribution >= 0.6 is 0 Å². The molecule has 6 heteroatoms. The molecule has 0 bridgehead atoms. The molecule has 1 aliphatic heterocycles. The summed E-state index contributed by atoms with van der Waals surface area (Å²) >= 11 is 0. The minimum atomic E-state index is -1.05. The Morgan fingerprint density at radius 1 is 0.838 bits per heavy atom. The Labute approximate surface area is 216 Å². The molecular formula is C31H33F3O3. The maximum Gasteiger partial charge on any atom is 0.201 e. The van der Waals surface area contributed by atoms with E-state index >= 15 is 4.39 Å². The number of unbranched alkanes of at least 4 members (excludes halogenated alkanes) is 2. The highest BCUT2D eigenvalue weighted by molar-refractivity contribution is 5.71. The fourth-order valence-electron chi connectivity index (χ4n) is 4.39. The Hall–Kier alpha value is -3.09. The summed E-state index contributed by atoms with van der Waals surface area (Å²) in [5.74, 6) is -2.25. The average molecular weight is 511 g/mol. The standard InChI is InChI=1S/C31H33F3O3/c1-3-5-7-8-21-19-36-31(37-20-21)24-13-14-25(27(32)18-24)22-9-11-23(12-10-22)26-15-16-28(30(34)29(26)33)35-17-6-4-2/h6,9-18,21,31H,3-5,7-8,19-20H2,1-2H3. The van der Waals surface area contributed by atoms with Crippen molar-refractivity contribution in [3.63, 3.8) is 0 Å². The van der Waals surface area contributed by atoms with Crippen molar-refractivity contribution in [1.29, 1.82) is 0 Å². The van der Waals surface area contributed by atoms with Crippen molar-refractivity contribution in [2.24, 2.45) is 5.92 Å². The Morgan fingerprint density at radius 2 is 1.51 bits per heavy atom. The van der Waals surface area contributed by atoms with Gasteiger partial charge < -0.3 is 14.2 Å². The molecule has 0 radical (unpaired) electrons. The monoisotopic (exact) mass is 510 g/mol. The molecule has 0 saturated carbocycles. The summed E-state index contributed by atoms with van der Waals surface area (Å²) in [5, 5.41) is 0. The first-order chi connectivity index (χ1) is 18.0. The predicted molar refractivity (Wildman–Crippen MR) is 140 cm³/mol. The van der Waals surface area contributed by atoms with E-state index in [4.69, 9.17) is 14.2 Å². The van der Waals surface area contributed by atoms with Crippen molar-refractivity contribution in [2.45, 2.75) is 52.2 Å². The molecular weight excluding hydrogens is 477 g/mol. The van der Waals surface area contributed by atoms with Crippen LogP contribution in [0.25, 0.3) is 22.3 Å². The van der Waals surface area contributed by atoms with Gasteiger partial charge in [-0.05, 0) is 48.2 Å². The van der Waals surface area contributed by atoms with E-state index in [-0.39, 0.29) is 11.3 Å². The summed E-state index contributed by atoms with van der Waals surface area (Å²) in [7, 11) is 0. The minimum Gasteiger partial charge on any atom is -0.462 e. The zero-order valence-corrected chi connectivity index (χ0v) is 21.3. The molecule has 0 atom stereocenters. The first-order valence-electron chi connectivity index (χ1n) is 12.9. The number of hydrogen-bond donors (Lipinski definition) is 0. The van der Waals surface area contributed by atoms with Gasteiger partial charge in [-0.15, -0.1) is 0 Å². The lowest BCUT2D eigenvalue weighted by atomic mass is 9.98. The van der Waals surface area contributed by atoms with Crippen molar-refractivity contribution in [2.75, 3.05) is 13.2 Å². The minimum absolute atomic E-state index is 0.103. The lowest BCUT2D eigenvalue weighted by Crippen LogP contribution is -2.27. The number of rotatable bonds is 10. The summed E-state index contributed by atoms with van der Waals surface area (Å²) in [6.07, 6.45) is 7.82. The third-order valence-corrected chi connectivity index (χ3v) is 6.53. The molecule has 37 heavy (non-hydrogen) atoms. The lowest BCUT2D eigenvalue weighted by Gasteiger charge is -2.29. The molecule has 1 saturated heterocycles. The van der Waals surface area contributed by atoms with Gasteiger partial charge in [-0.1, -0.05) is 69.5 Å². The molecule has 4 rings (SSSR count). The molecule has 0 aromatic heterocycles. The molecule has 0 spiro atoms. The van der Waals surface area contributed by atoms with E-state index in [9.17, 15) is 8.78 Å². The SMILES string of the molecule is CCC=COc1ccc(-c2ccc(-c3ccc(C4OCC(CCCCC)CO4)cc3F)cc2)c(F)c1F. The molecule has 1 heterocycles. The van der Waals surface area contributed by atoms with Crippen LogP contribution in [0.5, 0.6) is 5.75 Å². The maximum atomic E-state index is 15.0. The third-order valence-electron chi connectivity index (χ3n) is 6.53. The van der Waals surface area contributed by atoms with Crippen LogP contribution in [0.4, 0.5) is 13.2 Å². The summed E-state index contributed by atoms with van der Waals surface area (Å²) < 4.78 is 61.1. The van der Waals surface area contributed by atoms with Gasteiger partial charge in [0.05, 0.1) is 19.5 Å². The summed E-state index contributed by atoms with van der Waals surface area (Å²) in [6, 6.07) is 14.5. The molecule has 1 aliphatic rings. The van der Waals surface area contributed by atoms with Gasteiger partial charge in [0.1, 0.15) is 5.82 Å². The van der Waals surface area contributed by atoms with Crippen LogP contribution in [0.3, 0.4) is 0 Å². The van der Waals surface area contributed by atoms with Gasteiger partial charge in [-0.2, -0.15) is 4.39 Å². The second-order valence-corrected chi connectivity index (χ2v) is 9.31. The summed E-state index contributed by atoms with van der Waals surface area (Å²) in [4.78, 5) is 0. The second-order valence-electron chi connectivity index (χ2n) is 9.31. The third kappa shape index (κ3) is 6.62. The first kappa shape index (κ1) is 27.0. The topological polar surface area (TPSA) is 27.7 Å². The fraction of sp³-hybridized carbons (Fsp3) is 0.355. The van der Waals surface area contributed by atoms with Crippen LogP contribution in [0, 0.1) is 23.4 Å². The Bertz CT molecular complexity index is 1200. The van der Waals surface area contributed by atoms with Crippen LogP contribution in [0.2, 0.25) is 0 Å². The van der Waals surface area contributed by atoms with Gasteiger partial charge in [0.25, 0.3) is 0 Å². The average Bonchev–Trinajstić information content (AvgIpc) is 2.92. The molecule has 0 amide bonds. The highest BCUT2D eigenvalue weighted by Crippen LogP contribution is 2.34. The largest absolute Gasteiger partial charge is 0.462 e. The Balaban J connectivity index is 1.44. The second kappa shape index (κ2) is 12.9. The highest BCUT2D eigenvalue weighted by atomic mass is 19.2. The van der Waals surface area contributed by atoms with Gasteiger partial charge in [-0.25, -0.2) is 8.78 Å². The van der Waals surface area contributed by atoms with Gasteiger partial charge in [0, 0.05) is 22.6 Å². The lowest BCUT2D eigenvalue weighted by molar-refractivity contribution is -0.206. The van der Waals surface area contributed by atoms with E-state index in [0.717, 1.165) is 12.8 Å². The van der Waals surface area contributed by atoms with E-state index in [1.54, 1.807) is 42.5 Å². The van der Waals surface area contributed by atoms with E-state index in [0.29, 0.717) is 41.4 Å². The highest BCUT2D eigenvalue weighted by Gasteiger charge is 2.24. The van der Waals surface area contributed by atoms with Crippen LogP contribution < -0.4 is 4.74 Å². The van der Waals surface area contributed by atoms with Crippen molar-refractivity contribution < 1.29 is 27.4 Å². The molecule has 3 nitrogen and oxygen atoms in total. The van der Waals surface area contributed by atoms with Crippen molar-refractivity contribution in [1.82, 2.24) is 0 Å². The molecule has 3 aromatic carbocycles. The molecule has 0 N–H and O–H groups in total. The van der Waals surface area contributed by atoms with Crippen molar-refractivity contribution in [3.8, 4) is 28.0 Å². The van der Waals surface area contributed by atoms with Gasteiger partial charge in [0.2, 0.25) is 5.82 Å². The number of hydrogen-bond acceptors (Lipinski definition) is 3. The van der Waals surface area contributed by atoms with Crippen LogP contribution in [0.1, 0.15) is 57.8 Å². The molecule has 1 fully saturated rings. The van der Waals surface area contributed by atoms with Gasteiger partial charge in [0.15, 0.2) is 17.9 Å². The molecule has 0 aliphatic carbocycles.